The number of carbonyl (C=O) groups excluding carboxylic acids is 1. The lowest BCUT2D eigenvalue weighted by Crippen LogP contribution is -2.39. The van der Waals surface area contributed by atoms with E-state index in [4.69, 9.17) is 11.6 Å². The summed E-state index contributed by atoms with van der Waals surface area (Å²) < 4.78 is 29.6. The highest BCUT2D eigenvalue weighted by Gasteiger charge is 2.35. The standard InChI is InChI=1S/C21H26ClN3O3S/c1-15-19(16-7-9-18(22)10-8-16)29(27,28)23-20(15)24-11-4-12-25(14-13-24)21(26)17-5-2-3-6-17/h7-10,17H,2-6,11-14H2,1H3. The molecule has 0 unspecified atom stereocenters. The molecule has 4 rings (SSSR count). The van der Waals surface area contributed by atoms with E-state index < -0.39 is 10.0 Å². The molecule has 1 saturated carbocycles. The second-order valence-corrected chi connectivity index (χ2v) is 9.98. The maximum absolute atomic E-state index is 12.8. The summed E-state index contributed by atoms with van der Waals surface area (Å²) in [6, 6.07) is 6.79. The summed E-state index contributed by atoms with van der Waals surface area (Å²) in [6.45, 7) is 4.42. The quantitative estimate of drug-likeness (QED) is 0.712. The summed E-state index contributed by atoms with van der Waals surface area (Å²) in [6.07, 6.45) is 5.08. The molecule has 1 aromatic carbocycles. The van der Waals surface area contributed by atoms with Crippen molar-refractivity contribution >= 4 is 38.3 Å². The molecule has 1 saturated heterocycles. The lowest BCUT2D eigenvalue weighted by molar-refractivity contribution is -0.135. The van der Waals surface area contributed by atoms with Crippen molar-refractivity contribution < 1.29 is 13.2 Å². The molecule has 1 amide bonds. The summed E-state index contributed by atoms with van der Waals surface area (Å²) >= 11 is 5.95. The maximum Gasteiger partial charge on any atom is 0.285 e. The van der Waals surface area contributed by atoms with Crippen LogP contribution in [-0.2, 0) is 14.8 Å². The average Bonchev–Trinajstić information content (AvgIpc) is 3.21. The van der Waals surface area contributed by atoms with E-state index in [0.29, 0.717) is 41.6 Å². The second kappa shape index (κ2) is 8.11. The van der Waals surface area contributed by atoms with Gasteiger partial charge in [-0.3, -0.25) is 4.79 Å². The van der Waals surface area contributed by atoms with Crippen molar-refractivity contribution in [3.05, 3.63) is 40.4 Å². The number of sulfonamides is 1. The molecular formula is C21H26ClN3O3S. The van der Waals surface area contributed by atoms with Crippen LogP contribution in [0.1, 0.15) is 44.6 Å². The first-order valence-electron chi connectivity index (χ1n) is 10.2. The number of hydrogen-bond donors (Lipinski definition) is 0. The monoisotopic (exact) mass is 435 g/mol. The van der Waals surface area contributed by atoms with Crippen LogP contribution < -0.4 is 0 Å². The van der Waals surface area contributed by atoms with Crippen LogP contribution in [0.5, 0.6) is 0 Å². The Kier molecular flexibility index (Phi) is 5.71. The van der Waals surface area contributed by atoms with E-state index in [1.165, 1.54) is 0 Å². The molecule has 2 heterocycles. The first-order chi connectivity index (χ1) is 13.9. The third-order valence-corrected chi connectivity index (χ3v) is 7.78. The van der Waals surface area contributed by atoms with Gasteiger partial charge in [0.2, 0.25) is 5.91 Å². The van der Waals surface area contributed by atoms with Gasteiger partial charge in [-0.25, -0.2) is 0 Å². The Balaban J connectivity index is 1.53. The third kappa shape index (κ3) is 4.08. The summed E-state index contributed by atoms with van der Waals surface area (Å²) in [5.74, 6) is 0.938. The molecule has 29 heavy (non-hydrogen) atoms. The van der Waals surface area contributed by atoms with E-state index in [-0.39, 0.29) is 16.7 Å². The third-order valence-electron chi connectivity index (χ3n) is 6.06. The van der Waals surface area contributed by atoms with Crippen molar-refractivity contribution in [2.45, 2.75) is 39.0 Å². The summed E-state index contributed by atoms with van der Waals surface area (Å²) in [5, 5.41) is 0.558. The molecule has 3 aliphatic rings. The van der Waals surface area contributed by atoms with Crippen molar-refractivity contribution in [3.63, 3.8) is 0 Å². The Hall–Kier alpha value is -1.86. The van der Waals surface area contributed by atoms with E-state index in [2.05, 4.69) is 4.40 Å². The van der Waals surface area contributed by atoms with Crippen LogP contribution in [0, 0.1) is 5.92 Å². The second-order valence-electron chi connectivity index (χ2n) is 8.00. The van der Waals surface area contributed by atoms with Gasteiger partial charge in [-0.2, -0.15) is 8.42 Å². The first-order valence-corrected chi connectivity index (χ1v) is 12.0. The fraction of sp³-hybridized carbons (Fsp3) is 0.524. The van der Waals surface area contributed by atoms with Gasteiger partial charge in [-0.15, -0.1) is 4.40 Å². The minimum atomic E-state index is -3.75. The Labute approximate surface area is 177 Å². The molecule has 0 bridgehead atoms. The molecule has 156 valence electrons. The van der Waals surface area contributed by atoms with Gasteiger partial charge in [-0.05, 0) is 43.9 Å². The fourth-order valence-corrected chi connectivity index (χ4v) is 6.17. The molecule has 1 aliphatic carbocycles. The van der Waals surface area contributed by atoms with E-state index in [1.807, 2.05) is 9.80 Å². The van der Waals surface area contributed by atoms with Crippen LogP contribution in [0.2, 0.25) is 5.02 Å². The Morgan fingerprint density at radius 3 is 2.41 bits per heavy atom. The topological polar surface area (TPSA) is 70.1 Å². The van der Waals surface area contributed by atoms with Crippen LogP contribution in [0.4, 0.5) is 0 Å². The lowest BCUT2D eigenvalue weighted by atomic mass is 10.1. The number of carbonyl (C=O) groups is 1. The molecule has 1 aromatic rings. The molecule has 0 spiro atoms. The highest BCUT2D eigenvalue weighted by atomic mass is 35.5. The SMILES string of the molecule is CC1=C(c2ccc(Cl)cc2)S(=O)(=O)N=C1N1CCCN(C(=O)C2CCCC2)CC1. The van der Waals surface area contributed by atoms with Gasteiger partial charge in [0.1, 0.15) is 10.7 Å². The number of amidine groups is 1. The molecule has 8 heteroatoms. The van der Waals surface area contributed by atoms with Gasteiger partial charge in [0.15, 0.2) is 0 Å². The van der Waals surface area contributed by atoms with Crippen LogP contribution in [-0.4, -0.2) is 56.1 Å². The fourth-order valence-electron chi connectivity index (χ4n) is 4.57. The molecule has 0 aromatic heterocycles. The van der Waals surface area contributed by atoms with Crippen molar-refractivity contribution in [1.29, 1.82) is 0 Å². The Bertz CT molecular complexity index is 963. The van der Waals surface area contributed by atoms with Gasteiger partial charge in [0, 0.05) is 42.7 Å². The van der Waals surface area contributed by atoms with Crippen LogP contribution in [0.3, 0.4) is 0 Å². The Morgan fingerprint density at radius 1 is 1.03 bits per heavy atom. The normalized spacial score (nSPS) is 22.8. The van der Waals surface area contributed by atoms with Crippen LogP contribution in [0.25, 0.3) is 4.91 Å². The first kappa shape index (κ1) is 20.4. The van der Waals surface area contributed by atoms with Gasteiger partial charge in [0.25, 0.3) is 10.0 Å². The van der Waals surface area contributed by atoms with Crippen LogP contribution >= 0.6 is 11.6 Å². The molecule has 6 nitrogen and oxygen atoms in total. The lowest BCUT2D eigenvalue weighted by Gasteiger charge is -2.25. The number of hydrogen-bond acceptors (Lipinski definition) is 4. The zero-order chi connectivity index (χ0) is 20.6. The van der Waals surface area contributed by atoms with Crippen LogP contribution in [0.15, 0.2) is 34.2 Å². The predicted molar refractivity (Wildman–Crippen MR) is 115 cm³/mol. The molecule has 2 fully saturated rings. The van der Waals surface area contributed by atoms with Gasteiger partial charge < -0.3 is 9.80 Å². The zero-order valence-electron chi connectivity index (χ0n) is 16.6. The summed E-state index contributed by atoms with van der Waals surface area (Å²) in [7, 11) is -3.75. The molecule has 0 radical (unpaired) electrons. The van der Waals surface area contributed by atoms with Gasteiger partial charge in [0.05, 0.1) is 0 Å². The molecule has 0 atom stereocenters. The van der Waals surface area contributed by atoms with Crippen molar-refractivity contribution in [2.24, 2.45) is 10.3 Å². The minimum Gasteiger partial charge on any atom is -0.354 e. The maximum atomic E-state index is 12.8. The number of benzene rings is 1. The summed E-state index contributed by atoms with van der Waals surface area (Å²) in [4.78, 5) is 17.0. The van der Waals surface area contributed by atoms with E-state index >= 15 is 0 Å². The van der Waals surface area contributed by atoms with Gasteiger partial charge >= 0.3 is 0 Å². The molecule has 2 aliphatic heterocycles. The van der Waals surface area contributed by atoms with E-state index in [1.54, 1.807) is 31.2 Å². The number of halogens is 1. The number of rotatable bonds is 2. The number of amides is 1. The molecule has 0 N–H and O–H groups in total. The average molecular weight is 436 g/mol. The summed E-state index contributed by atoms with van der Waals surface area (Å²) in [5.41, 5.74) is 1.25. The predicted octanol–water partition coefficient (Wildman–Crippen LogP) is 3.54. The Morgan fingerprint density at radius 2 is 1.72 bits per heavy atom. The zero-order valence-corrected chi connectivity index (χ0v) is 18.2. The highest BCUT2D eigenvalue weighted by molar-refractivity contribution is 8.00. The van der Waals surface area contributed by atoms with Gasteiger partial charge in [-0.1, -0.05) is 36.6 Å². The van der Waals surface area contributed by atoms with Crippen molar-refractivity contribution in [1.82, 2.24) is 9.80 Å². The van der Waals surface area contributed by atoms with E-state index in [9.17, 15) is 13.2 Å². The smallest absolute Gasteiger partial charge is 0.285 e. The largest absolute Gasteiger partial charge is 0.354 e. The number of nitrogens with zero attached hydrogens (tertiary/aromatic N) is 3. The molecular weight excluding hydrogens is 410 g/mol. The van der Waals surface area contributed by atoms with Crippen molar-refractivity contribution in [2.75, 3.05) is 26.2 Å². The highest BCUT2D eigenvalue weighted by Crippen LogP contribution is 2.34. The minimum absolute atomic E-state index is 0.170. The van der Waals surface area contributed by atoms with Crippen molar-refractivity contribution in [3.8, 4) is 0 Å². The van der Waals surface area contributed by atoms with E-state index in [0.717, 1.165) is 38.6 Å².